The highest BCUT2D eigenvalue weighted by atomic mass is 16.5. The van der Waals surface area contributed by atoms with Gasteiger partial charge in [-0.05, 0) is 31.2 Å². The summed E-state index contributed by atoms with van der Waals surface area (Å²) in [4.78, 5) is 20.5. The predicted molar refractivity (Wildman–Crippen MR) is 80.0 cm³/mol. The van der Waals surface area contributed by atoms with Crippen LogP contribution in [0.2, 0.25) is 0 Å². The van der Waals surface area contributed by atoms with Crippen LogP contribution in [0.25, 0.3) is 5.78 Å². The van der Waals surface area contributed by atoms with Crippen LogP contribution in [0.15, 0.2) is 24.8 Å². The lowest BCUT2D eigenvalue weighted by atomic mass is 10.2. The molecule has 3 aromatic rings. The molecule has 0 amide bonds. The number of hydrogen-bond donors (Lipinski definition) is 0. The lowest BCUT2D eigenvalue weighted by molar-refractivity contribution is 0.0519. The van der Waals surface area contributed by atoms with Gasteiger partial charge in [0.2, 0.25) is 5.78 Å². The van der Waals surface area contributed by atoms with Crippen molar-refractivity contribution in [3.8, 4) is 0 Å². The van der Waals surface area contributed by atoms with Crippen LogP contribution in [0, 0.1) is 0 Å². The maximum absolute atomic E-state index is 11.6. The number of nitrogens with zero attached hydrogens (tertiary/aromatic N) is 6. The van der Waals surface area contributed by atoms with Crippen LogP contribution in [0.5, 0.6) is 0 Å². The Labute approximate surface area is 132 Å². The van der Waals surface area contributed by atoms with Gasteiger partial charge in [-0.1, -0.05) is 5.21 Å². The fourth-order valence-electron chi connectivity index (χ4n) is 2.49. The molecule has 8 heteroatoms. The van der Waals surface area contributed by atoms with E-state index in [1.807, 2.05) is 16.8 Å². The molecular weight excluding hydrogens is 296 g/mol. The number of carbonyl (C=O) groups is 1. The average Bonchev–Trinajstić information content (AvgIpc) is 3.15. The van der Waals surface area contributed by atoms with E-state index in [9.17, 15) is 4.79 Å². The summed E-state index contributed by atoms with van der Waals surface area (Å²) in [6.45, 7) is 2.49. The van der Waals surface area contributed by atoms with Crippen molar-refractivity contribution in [2.75, 3.05) is 6.61 Å². The van der Waals surface area contributed by atoms with Crippen LogP contribution in [-0.2, 0) is 11.3 Å². The molecule has 8 nitrogen and oxygen atoms in total. The maximum atomic E-state index is 11.6. The van der Waals surface area contributed by atoms with E-state index in [0.717, 1.165) is 5.69 Å². The monoisotopic (exact) mass is 312 g/mol. The molecule has 0 bridgehead atoms. The van der Waals surface area contributed by atoms with Gasteiger partial charge in [-0.2, -0.15) is 0 Å². The molecule has 4 rings (SSSR count). The largest absolute Gasteiger partial charge is 0.461 e. The van der Waals surface area contributed by atoms with Crippen LogP contribution in [0.1, 0.15) is 47.4 Å². The van der Waals surface area contributed by atoms with E-state index in [-0.39, 0.29) is 5.69 Å². The molecule has 0 spiro atoms. The Hall–Kier alpha value is -2.77. The SMILES string of the molecule is CCOC(=O)c1cn(Cc2cn3cc(C4CC4)cnc3n2)nn1. The van der Waals surface area contributed by atoms with E-state index in [2.05, 4.69) is 26.5 Å². The molecule has 3 heterocycles. The molecule has 0 atom stereocenters. The van der Waals surface area contributed by atoms with Crippen LogP contribution in [-0.4, -0.2) is 41.9 Å². The molecule has 1 fully saturated rings. The minimum atomic E-state index is -0.468. The minimum absolute atomic E-state index is 0.199. The van der Waals surface area contributed by atoms with Gasteiger partial charge in [0, 0.05) is 18.6 Å². The fraction of sp³-hybridized carbons (Fsp3) is 0.400. The summed E-state index contributed by atoms with van der Waals surface area (Å²) < 4.78 is 8.40. The number of fused-ring (bicyclic) bond motifs is 1. The Balaban J connectivity index is 1.54. The quantitative estimate of drug-likeness (QED) is 0.662. The van der Waals surface area contributed by atoms with Gasteiger partial charge in [0.15, 0.2) is 5.69 Å². The average molecular weight is 312 g/mol. The molecule has 1 aliphatic carbocycles. The van der Waals surface area contributed by atoms with E-state index in [1.165, 1.54) is 18.4 Å². The smallest absolute Gasteiger partial charge is 0.360 e. The second-order valence-corrected chi connectivity index (χ2v) is 5.62. The summed E-state index contributed by atoms with van der Waals surface area (Å²) in [6.07, 6.45) is 9.96. The summed E-state index contributed by atoms with van der Waals surface area (Å²) in [6, 6.07) is 0. The number of carbonyl (C=O) groups excluding carboxylic acids is 1. The zero-order valence-electron chi connectivity index (χ0n) is 12.7. The lowest BCUT2D eigenvalue weighted by Crippen LogP contribution is -2.05. The van der Waals surface area contributed by atoms with Gasteiger partial charge in [0.05, 0.1) is 25.0 Å². The number of aromatic nitrogens is 6. The highest BCUT2D eigenvalue weighted by Crippen LogP contribution is 2.39. The highest BCUT2D eigenvalue weighted by Gasteiger charge is 2.24. The number of rotatable bonds is 5. The second-order valence-electron chi connectivity index (χ2n) is 5.62. The first-order valence-corrected chi connectivity index (χ1v) is 7.63. The maximum Gasteiger partial charge on any atom is 0.360 e. The molecule has 1 aliphatic rings. The van der Waals surface area contributed by atoms with Crippen molar-refractivity contribution < 1.29 is 9.53 Å². The van der Waals surface area contributed by atoms with Crippen molar-refractivity contribution >= 4 is 11.7 Å². The van der Waals surface area contributed by atoms with E-state index in [0.29, 0.717) is 24.8 Å². The minimum Gasteiger partial charge on any atom is -0.461 e. The number of imidazole rings is 1. The van der Waals surface area contributed by atoms with E-state index >= 15 is 0 Å². The third kappa shape index (κ3) is 2.79. The molecular formula is C15H16N6O2. The van der Waals surface area contributed by atoms with Crippen LogP contribution in [0.4, 0.5) is 0 Å². The van der Waals surface area contributed by atoms with Crippen LogP contribution in [0.3, 0.4) is 0 Å². The molecule has 118 valence electrons. The first-order chi connectivity index (χ1) is 11.2. The summed E-state index contributed by atoms with van der Waals surface area (Å²) in [5, 5.41) is 7.76. The Morgan fingerprint density at radius 3 is 3.00 bits per heavy atom. The molecule has 23 heavy (non-hydrogen) atoms. The van der Waals surface area contributed by atoms with Gasteiger partial charge in [-0.15, -0.1) is 5.10 Å². The van der Waals surface area contributed by atoms with Crippen molar-refractivity contribution in [3.63, 3.8) is 0 Å². The van der Waals surface area contributed by atoms with Gasteiger partial charge in [0.25, 0.3) is 0 Å². The third-order valence-corrected chi connectivity index (χ3v) is 3.78. The van der Waals surface area contributed by atoms with Crippen LogP contribution < -0.4 is 0 Å². The first-order valence-electron chi connectivity index (χ1n) is 7.63. The molecule has 0 N–H and O–H groups in total. The first kappa shape index (κ1) is 13.9. The lowest BCUT2D eigenvalue weighted by Gasteiger charge is -1.97. The summed E-state index contributed by atoms with van der Waals surface area (Å²) in [5.41, 5.74) is 2.27. The van der Waals surface area contributed by atoms with Crippen molar-refractivity contribution in [2.45, 2.75) is 32.2 Å². The number of hydrogen-bond acceptors (Lipinski definition) is 6. The molecule has 0 radical (unpaired) electrons. The Morgan fingerprint density at radius 2 is 2.22 bits per heavy atom. The molecule has 0 aromatic carbocycles. The standard InChI is InChI=1S/C15H16N6O2/c1-2-23-14(22)13-9-21(19-18-13)8-12-7-20-6-11(10-3-4-10)5-16-15(20)17-12/h5-7,9-10H,2-4,8H2,1H3. The Bertz CT molecular complexity index is 864. The zero-order valence-corrected chi connectivity index (χ0v) is 12.7. The summed E-state index contributed by atoms with van der Waals surface area (Å²) in [7, 11) is 0. The topological polar surface area (TPSA) is 87.2 Å². The Kier molecular flexibility index (Phi) is 3.29. The molecule has 3 aromatic heterocycles. The predicted octanol–water partition coefficient (Wildman–Crippen LogP) is 1.42. The molecule has 0 unspecified atom stereocenters. The highest BCUT2D eigenvalue weighted by molar-refractivity contribution is 5.86. The summed E-state index contributed by atoms with van der Waals surface area (Å²) >= 11 is 0. The van der Waals surface area contributed by atoms with E-state index in [1.54, 1.807) is 17.8 Å². The van der Waals surface area contributed by atoms with Crippen LogP contribution >= 0.6 is 0 Å². The fourth-order valence-corrected chi connectivity index (χ4v) is 2.49. The Morgan fingerprint density at radius 1 is 1.35 bits per heavy atom. The zero-order chi connectivity index (χ0) is 15.8. The molecule has 1 saturated carbocycles. The van der Waals surface area contributed by atoms with E-state index in [4.69, 9.17) is 4.74 Å². The van der Waals surface area contributed by atoms with Crippen molar-refractivity contribution in [3.05, 3.63) is 41.7 Å². The van der Waals surface area contributed by atoms with Gasteiger partial charge in [0.1, 0.15) is 0 Å². The number of esters is 1. The van der Waals surface area contributed by atoms with Gasteiger partial charge < -0.3 is 4.74 Å². The third-order valence-electron chi connectivity index (χ3n) is 3.78. The van der Waals surface area contributed by atoms with Crippen molar-refractivity contribution in [1.29, 1.82) is 0 Å². The normalized spacial score (nSPS) is 14.3. The van der Waals surface area contributed by atoms with Gasteiger partial charge in [-0.25, -0.2) is 19.4 Å². The molecule has 0 aliphatic heterocycles. The summed E-state index contributed by atoms with van der Waals surface area (Å²) in [5.74, 6) is 0.847. The van der Waals surface area contributed by atoms with E-state index < -0.39 is 5.97 Å². The van der Waals surface area contributed by atoms with Crippen molar-refractivity contribution in [2.24, 2.45) is 0 Å². The van der Waals surface area contributed by atoms with Gasteiger partial charge in [-0.3, -0.25) is 4.40 Å². The number of ether oxygens (including phenoxy) is 1. The van der Waals surface area contributed by atoms with Crippen molar-refractivity contribution in [1.82, 2.24) is 29.4 Å². The van der Waals surface area contributed by atoms with Gasteiger partial charge >= 0.3 is 5.97 Å². The second kappa shape index (κ2) is 5.45. The molecule has 0 saturated heterocycles.